The lowest BCUT2D eigenvalue weighted by atomic mass is 10.0. The van der Waals surface area contributed by atoms with Gasteiger partial charge in [-0.3, -0.25) is 15.0 Å². The molecule has 1 amide bonds. The Kier molecular flexibility index (Phi) is 4.78. The van der Waals surface area contributed by atoms with Crippen LogP contribution in [-0.4, -0.2) is 21.2 Å². The van der Waals surface area contributed by atoms with Crippen molar-refractivity contribution in [2.45, 2.75) is 6.92 Å². The van der Waals surface area contributed by atoms with Crippen LogP contribution in [0.4, 0.5) is 11.4 Å². The summed E-state index contributed by atoms with van der Waals surface area (Å²) in [4.78, 5) is 28.5. The van der Waals surface area contributed by atoms with Crippen LogP contribution in [0.3, 0.4) is 0 Å². The molecule has 2 heterocycles. The maximum absolute atomic E-state index is 12.7. The van der Waals surface area contributed by atoms with Crippen LogP contribution in [0.2, 0.25) is 0 Å². The van der Waals surface area contributed by atoms with E-state index in [1.54, 1.807) is 31.2 Å². The predicted molar refractivity (Wildman–Crippen MR) is 102 cm³/mol. The van der Waals surface area contributed by atoms with Gasteiger partial charge in [-0.2, -0.15) is 5.26 Å². The smallest absolute Gasteiger partial charge is 0.268 e. The first-order chi connectivity index (χ1) is 13.3. The van der Waals surface area contributed by atoms with Gasteiger partial charge in [-0.25, -0.2) is 4.98 Å². The van der Waals surface area contributed by atoms with Gasteiger partial charge in [-0.05, 0) is 31.2 Å². The molecule has 9 heteroatoms. The number of carbonyl (C=O) groups excluding carboxylic acids is 1. The summed E-state index contributed by atoms with van der Waals surface area (Å²) in [6, 6.07) is 7.75. The first-order valence-electron chi connectivity index (χ1n) is 8.13. The van der Waals surface area contributed by atoms with Gasteiger partial charge in [-0.1, -0.05) is 0 Å². The highest BCUT2D eigenvalue weighted by molar-refractivity contribution is 6.13. The zero-order valence-corrected chi connectivity index (χ0v) is 15.1. The van der Waals surface area contributed by atoms with Gasteiger partial charge >= 0.3 is 0 Å². The summed E-state index contributed by atoms with van der Waals surface area (Å²) in [5.41, 5.74) is 7.10. The number of aromatic nitrogens is 2. The summed E-state index contributed by atoms with van der Waals surface area (Å²) in [5, 5.41) is 20.0. The van der Waals surface area contributed by atoms with Crippen LogP contribution in [0.5, 0.6) is 0 Å². The minimum absolute atomic E-state index is 0.0242. The van der Waals surface area contributed by atoms with Crippen molar-refractivity contribution in [3.8, 4) is 6.07 Å². The Morgan fingerprint density at radius 3 is 2.75 bits per heavy atom. The molecule has 0 aliphatic rings. The molecule has 0 bridgehead atoms. The molecular formula is C19H16N6O3. The van der Waals surface area contributed by atoms with E-state index >= 15 is 0 Å². The molecular weight excluding hydrogens is 360 g/mol. The third-order valence-corrected chi connectivity index (χ3v) is 4.34. The quantitative estimate of drug-likeness (QED) is 0.466. The number of anilines is 2. The Morgan fingerprint density at radius 1 is 1.36 bits per heavy atom. The summed E-state index contributed by atoms with van der Waals surface area (Å²) in [6.07, 6.45) is 2.60. The fourth-order valence-electron chi connectivity index (χ4n) is 2.66. The van der Waals surface area contributed by atoms with Gasteiger partial charge in [0.2, 0.25) is 0 Å². The largest absolute Gasteiger partial charge is 0.442 e. The summed E-state index contributed by atoms with van der Waals surface area (Å²) in [6.45, 7) is 1.62. The topological polar surface area (TPSA) is 151 Å². The van der Waals surface area contributed by atoms with Crippen LogP contribution in [0.25, 0.3) is 0 Å². The molecule has 9 nitrogen and oxygen atoms in total. The van der Waals surface area contributed by atoms with Crippen molar-refractivity contribution < 1.29 is 9.21 Å². The van der Waals surface area contributed by atoms with Crippen LogP contribution < -0.4 is 16.6 Å². The van der Waals surface area contributed by atoms with Crippen molar-refractivity contribution >= 4 is 23.0 Å². The third kappa shape index (κ3) is 3.26. The summed E-state index contributed by atoms with van der Waals surface area (Å²) < 4.78 is 6.37. The van der Waals surface area contributed by atoms with E-state index in [0.717, 1.165) is 0 Å². The summed E-state index contributed by atoms with van der Waals surface area (Å²) in [5.74, 6) is -0.255. The minimum Gasteiger partial charge on any atom is -0.442 e. The van der Waals surface area contributed by atoms with Gasteiger partial charge in [0.1, 0.15) is 17.3 Å². The monoisotopic (exact) mass is 376 g/mol. The lowest BCUT2D eigenvalue weighted by Gasteiger charge is -2.13. The Balaban J connectivity index is 1.95. The second-order valence-corrected chi connectivity index (χ2v) is 6.03. The minimum atomic E-state index is -0.494. The fraction of sp³-hybridized carbons (Fsp3) is 0.105. The number of nitrogen functional groups attached to an aromatic ring is 1. The van der Waals surface area contributed by atoms with Crippen molar-refractivity contribution in [1.29, 1.82) is 10.7 Å². The molecule has 0 fully saturated rings. The fourth-order valence-corrected chi connectivity index (χ4v) is 2.66. The average Bonchev–Trinajstić information content (AvgIpc) is 3.22. The second kappa shape index (κ2) is 7.20. The zero-order valence-electron chi connectivity index (χ0n) is 15.1. The van der Waals surface area contributed by atoms with Crippen molar-refractivity contribution in [2.24, 2.45) is 7.05 Å². The van der Waals surface area contributed by atoms with Gasteiger partial charge < -0.3 is 20.0 Å². The molecule has 28 heavy (non-hydrogen) atoms. The molecule has 0 saturated carbocycles. The maximum Gasteiger partial charge on any atom is 0.268 e. The number of hydrogen-bond donors (Lipinski definition) is 3. The molecule has 0 spiro atoms. The normalized spacial score (nSPS) is 10.3. The molecule has 3 aromatic rings. The molecule has 4 N–H and O–H groups in total. The lowest BCUT2D eigenvalue weighted by Crippen LogP contribution is -2.26. The predicted octanol–water partition coefficient (Wildman–Crippen LogP) is 1.80. The van der Waals surface area contributed by atoms with E-state index in [-0.39, 0.29) is 22.6 Å². The number of carbonyl (C=O) groups is 1. The van der Waals surface area contributed by atoms with E-state index in [0.29, 0.717) is 22.6 Å². The van der Waals surface area contributed by atoms with E-state index in [1.165, 1.54) is 30.3 Å². The molecule has 0 aliphatic carbocycles. The number of benzene rings is 1. The summed E-state index contributed by atoms with van der Waals surface area (Å²) in [7, 11) is 1.50. The van der Waals surface area contributed by atoms with Crippen LogP contribution in [0, 0.1) is 23.7 Å². The molecule has 0 radical (unpaired) electrons. The number of oxazole rings is 1. The molecule has 0 unspecified atom stereocenters. The standard InChI is InChI=1S/C19H16N6O3/c1-10-13(5-11(7-20)19(27)25(10)2)18(26)24-12-3-4-15(21)14(6-12)17(22)16-8-23-9-28-16/h3-6,8-9,22H,21H2,1-2H3,(H,24,26). The summed E-state index contributed by atoms with van der Waals surface area (Å²) >= 11 is 0. The highest BCUT2D eigenvalue weighted by atomic mass is 16.3. The average molecular weight is 376 g/mol. The van der Waals surface area contributed by atoms with E-state index in [4.69, 9.17) is 20.8 Å². The maximum atomic E-state index is 12.7. The number of nitrogens with two attached hydrogens (primary N) is 1. The first-order valence-corrected chi connectivity index (χ1v) is 8.13. The number of hydrogen-bond acceptors (Lipinski definition) is 7. The number of amides is 1. The van der Waals surface area contributed by atoms with Crippen LogP contribution >= 0.6 is 0 Å². The molecule has 3 rings (SSSR count). The number of rotatable bonds is 4. The number of nitrogens with one attached hydrogen (secondary N) is 2. The van der Waals surface area contributed by atoms with Gasteiger partial charge in [0.25, 0.3) is 11.5 Å². The SMILES string of the molecule is Cc1c(C(=O)Nc2ccc(N)c(C(=N)c3cnco3)c2)cc(C#N)c(=O)n1C. The van der Waals surface area contributed by atoms with Crippen molar-refractivity contribution in [3.05, 3.63) is 75.4 Å². The van der Waals surface area contributed by atoms with Crippen molar-refractivity contribution in [2.75, 3.05) is 11.1 Å². The lowest BCUT2D eigenvalue weighted by molar-refractivity contribution is 0.102. The van der Waals surface area contributed by atoms with Crippen LogP contribution in [0.15, 0.2) is 46.1 Å². The number of pyridine rings is 1. The van der Waals surface area contributed by atoms with Gasteiger partial charge in [0.15, 0.2) is 12.2 Å². The van der Waals surface area contributed by atoms with Crippen LogP contribution in [-0.2, 0) is 7.05 Å². The Hall–Kier alpha value is -4.19. The van der Waals surface area contributed by atoms with E-state index < -0.39 is 11.5 Å². The van der Waals surface area contributed by atoms with E-state index in [1.807, 2.05) is 0 Å². The molecule has 140 valence electrons. The van der Waals surface area contributed by atoms with Gasteiger partial charge in [0, 0.05) is 29.7 Å². The highest BCUT2D eigenvalue weighted by Gasteiger charge is 2.17. The molecule has 1 aromatic carbocycles. The Morgan fingerprint density at radius 2 is 2.11 bits per heavy atom. The molecule has 2 aromatic heterocycles. The van der Waals surface area contributed by atoms with E-state index in [2.05, 4.69) is 10.3 Å². The number of nitriles is 1. The highest BCUT2D eigenvalue weighted by Crippen LogP contribution is 2.22. The zero-order chi connectivity index (χ0) is 20.4. The Bertz CT molecular complexity index is 1190. The molecule has 0 saturated heterocycles. The van der Waals surface area contributed by atoms with Gasteiger partial charge in [0.05, 0.1) is 11.8 Å². The first kappa shape index (κ1) is 18.6. The molecule has 0 atom stereocenters. The van der Waals surface area contributed by atoms with E-state index in [9.17, 15) is 9.59 Å². The van der Waals surface area contributed by atoms with Gasteiger partial charge in [-0.15, -0.1) is 0 Å². The third-order valence-electron chi connectivity index (χ3n) is 4.34. The molecule has 0 aliphatic heterocycles. The van der Waals surface area contributed by atoms with Crippen LogP contribution in [0.1, 0.15) is 32.9 Å². The van der Waals surface area contributed by atoms with Crippen molar-refractivity contribution in [1.82, 2.24) is 9.55 Å². The number of nitrogens with zero attached hydrogens (tertiary/aromatic N) is 3. The van der Waals surface area contributed by atoms with Crippen molar-refractivity contribution in [3.63, 3.8) is 0 Å². The Labute approximate surface area is 159 Å². The second-order valence-electron chi connectivity index (χ2n) is 6.03.